The van der Waals surface area contributed by atoms with Crippen LogP contribution in [0, 0.1) is 0 Å². The second kappa shape index (κ2) is 9.28. The molecule has 1 aromatic carbocycles. The number of nitrogens with zero attached hydrogens (tertiary/aromatic N) is 4. The van der Waals surface area contributed by atoms with Gasteiger partial charge in [0.05, 0.1) is 22.6 Å². The minimum atomic E-state index is -3.69. The standard InChI is InChI=1S/C23H31N5O4S/c1-5-7-16-15-27(4)21-20(16)24-22(25-23(21)29)18-14-17(8-9-19(18)32-6-2)33(30,31)28-12-10-26(3)11-13-28/h8-9,14-15H,5-7,10-13H2,1-4H3,(H,24,25,29). The first-order valence-electron chi connectivity index (χ1n) is 11.3. The fourth-order valence-electron chi connectivity index (χ4n) is 4.27. The minimum absolute atomic E-state index is 0.162. The highest BCUT2D eigenvalue weighted by Gasteiger charge is 2.29. The molecule has 0 bridgehead atoms. The molecule has 1 N–H and O–H groups in total. The molecule has 9 nitrogen and oxygen atoms in total. The van der Waals surface area contributed by atoms with Crippen LogP contribution in [0.5, 0.6) is 5.75 Å². The number of nitrogens with one attached hydrogen (secondary N) is 1. The molecule has 0 atom stereocenters. The van der Waals surface area contributed by atoms with Crippen molar-refractivity contribution >= 4 is 21.1 Å². The Hall–Kier alpha value is -2.69. The monoisotopic (exact) mass is 473 g/mol. The average Bonchev–Trinajstić information content (AvgIpc) is 3.10. The van der Waals surface area contributed by atoms with Gasteiger partial charge in [0, 0.05) is 39.4 Å². The maximum atomic E-state index is 13.3. The van der Waals surface area contributed by atoms with E-state index in [9.17, 15) is 13.2 Å². The molecule has 3 heterocycles. The van der Waals surface area contributed by atoms with Gasteiger partial charge in [-0.2, -0.15) is 4.31 Å². The van der Waals surface area contributed by atoms with Crippen molar-refractivity contribution in [3.8, 4) is 17.1 Å². The maximum Gasteiger partial charge on any atom is 0.275 e. The summed E-state index contributed by atoms with van der Waals surface area (Å²) >= 11 is 0. The van der Waals surface area contributed by atoms with E-state index in [0.29, 0.717) is 61.0 Å². The fraction of sp³-hybridized carbons (Fsp3) is 0.478. The molecule has 10 heteroatoms. The highest BCUT2D eigenvalue weighted by Crippen LogP contribution is 2.32. The summed E-state index contributed by atoms with van der Waals surface area (Å²) in [7, 11) is 0.120. The van der Waals surface area contributed by atoms with E-state index in [1.165, 1.54) is 4.31 Å². The largest absolute Gasteiger partial charge is 0.493 e. The highest BCUT2D eigenvalue weighted by molar-refractivity contribution is 7.89. The summed E-state index contributed by atoms with van der Waals surface area (Å²) in [5, 5.41) is 0. The first kappa shape index (κ1) is 23.5. The Morgan fingerprint density at radius 1 is 1.12 bits per heavy atom. The summed E-state index contributed by atoms with van der Waals surface area (Å²) in [6, 6.07) is 4.76. The van der Waals surface area contributed by atoms with Gasteiger partial charge in [-0.15, -0.1) is 0 Å². The Morgan fingerprint density at radius 3 is 2.52 bits per heavy atom. The molecule has 0 radical (unpaired) electrons. The lowest BCUT2D eigenvalue weighted by atomic mass is 10.1. The first-order valence-corrected chi connectivity index (χ1v) is 12.7. The number of sulfonamides is 1. The summed E-state index contributed by atoms with van der Waals surface area (Å²) < 4.78 is 35.7. The van der Waals surface area contributed by atoms with Crippen LogP contribution in [0.2, 0.25) is 0 Å². The molecule has 1 saturated heterocycles. The zero-order valence-electron chi connectivity index (χ0n) is 19.6. The molecular formula is C23H31N5O4S. The molecule has 33 heavy (non-hydrogen) atoms. The van der Waals surface area contributed by atoms with Crippen molar-refractivity contribution in [2.45, 2.75) is 31.6 Å². The van der Waals surface area contributed by atoms with Gasteiger partial charge in [-0.25, -0.2) is 13.4 Å². The number of hydrogen-bond acceptors (Lipinski definition) is 6. The van der Waals surface area contributed by atoms with Crippen molar-refractivity contribution in [1.29, 1.82) is 0 Å². The Bertz CT molecular complexity index is 1320. The quantitative estimate of drug-likeness (QED) is 0.565. The van der Waals surface area contributed by atoms with E-state index in [-0.39, 0.29) is 10.5 Å². The van der Waals surface area contributed by atoms with Gasteiger partial charge in [-0.1, -0.05) is 13.3 Å². The van der Waals surface area contributed by atoms with E-state index in [0.717, 1.165) is 18.4 Å². The number of fused-ring (bicyclic) bond motifs is 1. The van der Waals surface area contributed by atoms with Crippen molar-refractivity contribution in [3.63, 3.8) is 0 Å². The summed E-state index contributed by atoms with van der Waals surface area (Å²) in [6.07, 6.45) is 3.65. The topological polar surface area (TPSA) is 101 Å². The summed E-state index contributed by atoms with van der Waals surface area (Å²) in [4.78, 5) is 22.8. The third kappa shape index (κ3) is 4.42. The molecule has 0 amide bonds. The van der Waals surface area contributed by atoms with Crippen LogP contribution in [0.15, 0.2) is 34.1 Å². The van der Waals surface area contributed by atoms with E-state index in [1.54, 1.807) is 22.8 Å². The number of rotatable bonds is 7. The van der Waals surface area contributed by atoms with E-state index < -0.39 is 10.0 Å². The smallest absolute Gasteiger partial charge is 0.275 e. The average molecular weight is 474 g/mol. The second-order valence-electron chi connectivity index (χ2n) is 8.43. The van der Waals surface area contributed by atoms with Gasteiger partial charge in [0.15, 0.2) is 0 Å². The molecule has 4 rings (SSSR count). The van der Waals surface area contributed by atoms with Crippen molar-refractivity contribution < 1.29 is 13.2 Å². The van der Waals surface area contributed by atoms with Crippen LogP contribution in [0.25, 0.3) is 22.4 Å². The van der Waals surface area contributed by atoms with Crippen molar-refractivity contribution in [1.82, 2.24) is 23.7 Å². The SMILES string of the molecule is CCCc1cn(C)c2c(=O)[nH]c(-c3cc(S(=O)(=O)N4CCN(C)CC4)ccc3OCC)nc12. The predicted octanol–water partition coefficient (Wildman–Crippen LogP) is 2.22. The summed E-state index contributed by atoms with van der Waals surface area (Å²) in [5.41, 5.74) is 2.31. The molecule has 0 saturated carbocycles. The molecule has 0 unspecified atom stereocenters. The Kier molecular flexibility index (Phi) is 6.60. The molecule has 2 aromatic heterocycles. The van der Waals surface area contributed by atoms with Crippen molar-refractivity contribution in [3.05, 3.63) is 40.3 Å². The van der Waals surface area contributed by atoms with Crippen molar-refractivity contribution in [2.24, 2.45) is 7.05 Å². The molecule has 1 aliphatic rings. The zero-order chi connectivity index (χ0) is 23.8. The van der Waals surface area contributed by atoms with Gasteiger partial charge in [0.2, 0.25) is 10.0 Å². The van der Waals surface area contributed by atoms with Crippen LogP contribution in [0.1, 0.15) is 25.8 Å². The molecular weight excluding hydrogens is 442 g/mol. The number of ether oxygens (including phenoxy) is 1. The Morgan fingerprint density at radius 2 is 1.85 bits per heavy atom. The van der Waals surface area contributed by atoms with Crippen molar-refractivity contribution in [2.75, 3.05) is 39.8 Å². The van der Waals surface area contributed by atoms with E-state index in [2.05, 4.69) is 16.8 Å². The lowest BCUT2D eigenvalue weighted by molar-refractivity contribution is 0.222. The lowest BCUT2D eigenvalue weighted by Gasteiger charge is -2.31. The Balaban J connectivity index is 1.85. The van der Waals surface area contributed by atoms with Gasteiger partial charge in [0.1, 0.15) is 17.1 Å². The van der Waals surface area contributed by atoms with Crippen LogP contribution >= 0.6 is 0 Å². The van der Waals surface area contributed by atoms with E-state index in [4.69, 9.17) is 9.72 Å². The normalized spacial score (nSPS) is 15.9. The first-order chi connectivity index (χ1) is 15.8. The highest BCUT2D eigenvalue weighted by atomic mass is 32.2. The number of aromatic nitrogens is 3. The summed E-state index contributed by atoms with van der Waals surface area (Å²) in [5.74, 6) is 0.778. The van der Waals surface area contributed by atoms with E-state index >= 15 is 0 Å². The van der Waals surface area contributed by atoms with Crippen LogP contribution in [0.3, 0.4) is 0 Å². The number of aryl methyl sites for hydroxylation is 2. The maximum absolute atomic E-state index is 13.3. The molecule has 1 fully saturated rings. The number of H-pyrrole nitrogens is 1. The van der Waals surface area contributed by atoms with Gasteiger partial charge >= 0.3 is 0 Å². The number of hydrogen-bond donors (Lipinski definition) is 1. The van der Waals surface area contributed by atoms with Gasteiger partial charge in [-0.3, -0.25) is 4.79 Å². The summed E-state index contributed by atoms with van der Waals surface area (Å²) in [6.45, 7) is 6.57. The molecule has 1 aliphatic heterocycles. The van der Waals surface area contributed by atoms with Crippen LogP contribution in [0.4, 0.5) is 0 Å². The molecule has 0 aliphatic carbocycles. The van der Waals surface area contributed by atoms with Crippen LogP contribution in [-0.4, -0.2) is 72.0 Å². The third-order valence-electron chi connectivity index (χ3n) is 6.03. The predicted molar refractivity (Wildman–Crippen MR) is 128 cm³/mol. The van der Waals surface area contributed by atoms with Crippen LogP contribution < -0.4 is 10.3 Å². The molecule has 178 valence electrons. The Labute approximate surface area is 194 Å². The number of aromatic amines is 1. The lowest BCUT2D eigenvalue weighted by Crippen LogP contribution is -2.47. The van der Waals surface area contributed by atoms with E-state index in [1.807, 2.05) is 27.2 Å². The molecule has 3 aromatic rings. The minimum Gasteiger partial charge on any atom is -0.493 e. The van der Waals surface area contributed by atoms with Crippen LogP contribution in [-0.2, 0) is 23.5 Å². The van der Waals surface area contributed by atoms with Gasteiger partial charge in [-0.05, 0) is 44.2 Å². The van der Waals surface area contributed by atoms with Gasteiger partial charge in [0.25, 0.3) is 5.56 Å². The van der Waals surface area contributed by atoms with Gasteiger partial charge < -0.3 is 19.2 Å². The number of likely N-dealkylation sites (N-methyl/N-ethyl adjacent to an activating group) is 1. The third-order valence-corrected chi connectivity index (χ3v) is 7.92. The molecule has 0 spiro atoms. The number of piperazine rings is 1. The number of benzene rings is 1. The zero-order valence-corrected chi connectivity index (χ0v) is 20.4. The second-order valence-corrected chi connectivity index (χ2v) is 10.4. The fourth-order valence-corrected chi connectivity index (χ4v) is 5.72.